The number of fused-ring (bicyclic) bond motifs is 11. The fourth-order valence-corrected chi connectivity index (χ4v) is 4.69. The van der Waals surface area contributed by atoms with Crippen molar-refractivity contribution < 1.29 is 0 Å². The maximum Gasteiger partial charge on any atom is 0.0711 e. The van der Waals surface area contributed by atoms with Crippen LogP contribution in [0, 0.1) is 0 Å². The molecule has 3 N–H and O–H groups in total. The van der Waals surface area contributed by atoms with E-state index in [0.29, 0.717) is 0 Å². The first-order valence-electron chi connectivity index (χ1n) is 9.23. The van der Waals surface area contributed by atoms with Gasteiger partial charge in [-0.2, -0.15) is 0 Å². The monoisotopic (exact) mass is 345 g/mol. The Balaban J connectivity index is 1.74. The van der Waals surface area contributed by atoms with Crippen LogP contribution in [0.25, 0.3) is 65.4 Å². The molecule has 0 fully saturated rings. The molecule has 7 aromatic rings. The lowest BCUT2D eigenvalue weighted by molar-refractivity contribution is 1.51. The molecular formula is C24H15N3. The van der Waals surface area contributed by atoms with E-state index in [0.717, 1.165) is 5.52 Å². The van der Waals surface area contributed by atoms with Gasteiger partial charge in [-0.3, -0.25) is 0 Å². The average Bonchev–Trinajstić information content (AvgIpc) is 3.37. The highest BCUT2D eigenvalue weighted by Crippen LogP contribution is 2.38. The molecule has 3 nitrogen and oxygen atoms in total. The summed E-state index contributed by atoms with van der Waals surface area (Å²) < 4.78 is 0. The van der Waals surface area contributed by atoms with Gasteiger partial charge in [-0.25, -0.2) is 0 Å². The molecule has 0 bridgehead atoms. The van der Waals surface area contributed by atoms with E-state index in [1.165, 1.54) is 59.9 Å². The van der Waals surface area contributed by atoms with Gasteiger partial charge in [0.15, 0.2) is 0 Å². The Labute approximate surface area is 153 Å². The predicted molar refractivity (Wildman–Crippen MR) is 115 cm³/mol. The molecule has 0 amide bonds. The molecule has 0 atom stereocenters. The number of aromatic amines is 3. The van der Waals surface area contributed by atoms with Crippen molar-refractivity contribution in [3.05, 3.63) is 72.8 Å². The molecule has 3 heterocycles. The summed E-state index contributed by atoms with van der Waals surface area (Å²) in [5, 5.41) is 7.59. The Kier molecular flexibility index (Phi) is 2.25. The topological polar surface area (TPSA) is 47.4 Å². The quantitative estimate of drug-likeness (QED) is 0.278. The number of H-pyrrole nitrogens is 3. The van der Waals surface area contributed by atoms with Crippen molar-refractivity contribution in [3.63, 3.8) is 0 Å². The van der Waals surface area contributed by atoms with Crippen LogP contribution in [0.1, 0.15) is 0 Å². The minimum absolute atomic E-state index is 1.16. The van der Waals surface area contributed by atoms with Gasteiger partial charge in [0, 0.05) is 48.9 Å². The highest BCUT2D eigenvalue weighted by atomic mass is 14.8. The van der Waals surface area contributed by atoms with Gasteiger partial charge >= 0.3 is 0 Å². The number of nitrogens with one attached hydrogen (secondary N) is 3. The summed E-state index contributed by atoms with van der Waals surface area (Å²) in [5.74, 6) is 0. The van der Waals surface area contributed by atoms with E-state index >= 15 is 0 Å². The van der Waals surface area contributed by atoms with Crippen LogP contribution in [-0.4, -0.2) is 15.0 Å². The Bertz CT molecular complexity index is 1670. The molecule has 3 aromatic heterocycles. The molecule has 0 spiro atoms. The van der Waals surface area contributed by atoms with Crippen LogP contribution in [0.5, 0.6) is 0 Å². The van der Waals surface area contributed by atoms with Crippen LogP contribution in [-0.2, 0) is 0 Å². The highest BCUT2D eigenvalue weighted by Gasteiger charge is 2.15. The zero-order valence-corrected chi connectivity index (χ0v) is 14.4. The summed E-state index contributed by atoms with van der Waals surface area (Å²) >= 11 is 0. The summed E-state index contributed by atoms with van der Waals surface area (Å²) in [5.41, 5.74) is 7.07. The van der Waals surface area contributed by atoms with E-state index in [2.05, 4.69) is 87.7 Å². The second kappa shape index (κ2) is 4.51. The predicted octanol–water partition coefficient (Wildman–Crippen LogP) is 6.59. The molecule has 0 saturated carbocycles. The standard InChI is InChI=1S/C24H15N3/c1-3-7-18-13(5-1)15-11-12-20-21(22(15)25-18)17-10-9-16-14-6-2-4-8-19(14)26-23(16)24(17)27-20/h1-12,25-27H. The molecule has 0 saturated heterocycles. The van der Waals surface area contributed by atoms with Crippen LogP contribution in [0.15, 0.2) is 72.8 Å². The first kappa shape index (κ1) is 13.5. The fourth-order valence-electron chi connectivity index (χ4n) is 4.69. The van der Waals surface area contributed by atoms with E-state index in [-0.39, 0.29) is 0 Å². The summed E-state index contributed by atoms with van der Waals surface area (Å²) in [6, 6.07) is 25.9. The number of hydrogen-bond acceptors (Lipinski definition) is 0. The molecule has 7 rings (SSSR count). The van der Waals surface area contributed by atoms with Gasteiger partial charge in [0.1, 0.15) is 0 Å². The highest BCUT2D eigenvalue weighted by molar-refractivity contribution is 6.28. The van der Waals surface area contributed by atoms with Gasteiger partial charge in [0.05, 0.1) is 16.6 Å². The van der Waals surface area contributed by atoms with Gasteiger partial charge in [-0.15, -0.1) is 0 Å². The second-order valence-corrected chi connectivity index (χ2v) is 7.29. The summed E-state index contributed by atoms with van der Waals surface area (Å²) in [6.45, 7) is 0. The number of hydrogen-bond donors (Lipinski definition) is 3. The molecule has 0 aliphatic carbocycles. The van der Waals surface area contributed by atoms with Crippen molar-refractivity contribution >= 4 is 65.4 Å². The summed E-state index contributed by atoms with van der Waals surface area (Å²) in [7, 11) is 0. The minimum atomic E-state index is 1.16. The molecule has 0 aliphatic heterocycles. The Hall–Kier alpha value is -3.72. The van der Waals surface area contributed by atoms with Crippen molar-refractivity contribution in [2.24, 2.45) is 0 Å². The van der Waals surface area contributed by atoms with E-state index < -0.39 is 0 Å². The zero-order chi connectivity index (χ0) is 17.5. The third-order valence-corrected chi connectivity index (χ3v) is 5.89. The van der Waals surface area contributed by atoms with Crippen LogP contribution in [0.3, 0.4) is 0 Å². The molecule has 0 unspecified atom stereocenters. The Morgan fingerprint density at radius 2 is 0.889 bits per heavy atom. The van der Waals surface area contributed by atoms with E-state index in [1.807, 2.05) is 0 Å². The smallest absolute Gasteiger partial charge is 0.0711 e. The molecule has 0 radical (unpaired) electrons. The van der Waals surface area contributed by atoms with Crippen molar-refractivity contribution in [1.29, 1.82) is 0 Å². The van der Waals surface area contributed by atoms with Crippen molar-refractivity contribution in [3.8, 4) is 0 Å². The molecular weight excluding hydrogens is 330 g/mol. The molecule has 0 aliphatic rings. The normalized spacial score (nSPS) is 12.4. The number of benzene rings is 4. The molecule has 126 valence electrons. The third kappa shape index (κ3) is 1.57. The maximum absolute atomic E-state index is 3.67. The maximum atomic E-state index is 3.67. The lowest BCUT2D eigenvalue weighted by atomic mass is 10.1. The largest absolute Gasteiger partial charge is 0.354 e. The fraction of sp³-hybridized carbons (Fsp3) is 0. The molecule has 4 aromatic carbocycles. The second-order valence-electron chi connectivity index (χ2n) is 7.29. The summed E-state index contributed by atoms with van der Waals surface area (Å²) in [4.78, 5) is 10.9. The number of rotatable bonds is 0. The van der Waals surface area contributed by atoms with Crippen molar-refractivity contribution in [2.75, 3.05) is 0 Å². The SMILES string of the molecule is c1ccc2c(c1)[nH]c1c2ccc2c1[nH]c1ccc3c4ccccc4[nH]c3c12. The molecule has 3 heteroatoms. The van der Waals surface area contributed by atoms with Crippen molar-refractivity contribution in [1.82, 2.24) is 15.0 Å². The number of aromatic nitrogens is 3. The van der Waals surface area contributed by atoms with E-state index in [4.69, 9.17) is 0 Å². The first-order valence-corrected chi connectivity index (χ1v) is 9.23. The Morgan fingerprint density at radius 3 is 1.67 bits per heavy atom. The van der Waals surface area contributed by atoms with Gasteiger partial charge in [0.2, 0.25) is 0 Å². The van der Waals surface area contributed by atoms with Crippen molar-refractivity contribution in [2.45, 2.75) is 0 Å². The minimum Gasteiger partial charge on any atom is -0.354 e. The lowest BCUT2D eigenvalue weighted by Gasteiger charge is -1.96. The first-order chi connectivity index (χ1) is 13.4. The van der Waals surface area contributed by atoms with Crippen LogP contribution >= 0.6 is 0 Å². The zero-order valence-electron chi connectivity index (χ0n) is 14.4. The van der Waals surface area contributed by atoms with Gasteiger partial charge in [0.25, 0.3) is 0 Å². The lowest BCUT2D eigenvalue weighted by Crippen LogP contribution is -1.73. The summed E-state index contributed by atoms with van der Waals surface area (Å²) in [6.07, 6.45) is 0. The van der Waals surface area contributed by atoms with Gasteiger partial charge in [-0.05, 0) is 18.2 Å². The van der Waals surface area contributed by atoms with E-state index in [1.54, 1.807) is 0 Å². The Morgan fingerprint density at radius 1 is 0.370 bits per heavy atom. The van der Waals surface area contributed by atoms with Gasteiger partial charge < -0.3 is 15.0 Å². The average molecular weight is 345 g/mol. The van der Waals surface area contributed by atoms with Crippen LogP contribution in [0.2, 0.25) is 0 Å². The third-order valence-electron chi connectivity index (χ3n) is 5.89. The molecule has 27 heavy (non-hydrogen) atoms. The number of para-hydroxylation sites is 2. The van der Waals surface area contributed by atoms with Crippen LogP contribution in [0.4, 0.5) is 0 Å². The van der Waals surface area contributed by atoms with E-state index in [9.17, 15) is 0 Å². The van der Waals surface area contributed by atoms with Crippen LogP contribution < -0.4 is 0 Å². The van der Waals surface area contributed by atoms with Gasteiger partial charge in [-0.1, -0.05) is 54.6 Å².